The first-order chi connectivity index (χ1) is 7.53. The van der Waals surface area contributed by atoms with Crippen LogP contribution in [0.4, 0.5) is 26.3 Å². The molecule has 0 radical (unpaired) electrons. The summed E-state index contributed by atoms with van der Waals surface area (Å²) in [6, 6.07) is 0. The summed E-state index contributed by atoms with van der Waals surface area (Å²) in [5, 5.41) is 0. The lowest BCUT2D eigenvalue weighted by molar-refractivity contribution is -0.202. The summed E-state index contributed by atoms with van der Waals surface area (Å²) in [4.78, 5) is 21.7. The molecule has 1 saturated heterocycles. The monoisotopic (exact) mass is 263 g/mol. The first-order valence-electron chi connectivity index (χ1n) is 4.49. The van der Waals surface area contributed by atoms with Crippen LogP contribution >= 0.6 is 0 Å². The third-order valence-electron chi connectivity index (χ3n) is 2.34. The molecule has 0 aliphatic carbocycles. The van der Waals surface area contributed by atoms with Crippen molar-refractivity contribution in [2.75, 3.05) is 13.1 Å². The van der Waals surface area contributed by atoms with Gasteiger partial charge in [0, 0.05) is 19.5 Å². The van der Waals surface area contributed by atoms with Gasteiger partial charge in [-0.15, -0.1) is 0 Å². The summed E-state index contributed by atoms with van der Waals surface area (Å²) < 4.78 is 72.8. The van der Waals surface area contributed by atoms with Crippen molar-refractivity contribution in [3.8, 4) is 0 Å². The third kappa shape index (κ3) is 3.10. The molecule has 1 aliphatic heterocycles. The molecule has 0 N–H and O–H groups in total. The third-order valence-corrected chi connectivity index (χ3v) is 2.34. The molecule has 0 aromatic carbocycles. The van der Waals surface area contributed by atoms with Gasteiger partial charge in [-0.05, 0) is 0 Å². The number of hydrogen-bond acceptors (Lipinski definition) is 2. The van der Waals surface area contributed by atoms with Gasteiger partial charge in [-0.3, -0.25) is 9.59 Å². The van der Waals surface area contributed by atoms with Crippen molar-refractivity contribution in [2.24, 2.45) is 5.92 Å². The maximum atomic E-state index is 12.3. The fraction of sp³-hybridized carbons (Fsp3) is 0.750. The van der Waals surface area contributed by atoms with Crippen LogP contribution in [0.25, 0.3) is 0 Å². The van der Waals surface area contributed by atoms with E-state index in [0.717, 1.165) is 0 Å². The van der Waals surface area contributed by atoms with Crippen molar-refractivity contribution in [1.82, 2.24) is 4.90 Å². The van der Waals surface area contributed by atoms with Crippen LogP contribution in [0.3, 0.4) is 0 Å². The summed E-state index contributed by atoms with van der Waals surface area (Å²) in [5.74, 6) is -6.06. The van der Waals surface area contributed by atoms with Crippen LogP contribution in [0.1, 0.15) is 6.42 Å². The van der Waals surface area contributed by atoms with Crippen molar-refractivity contribution in [3.63, 3.8) is 0 Å². The second-order valence-corrected chi connectivity index (χ2v) is 3.56. The van der Waals surface area contributed by atoms with E-state index >= 15 is 0 Å². The van der Waals surface area contributed by atoms with Crippen LogP contribution in [0.2, 0.25) is 0 Å². The largest absolute Gasteiger partial charge is 0.471 e. The second kappa shape index (κ2) is 4.19. The van der Waals surface area contributed by atoms with E-state index in [1.165, 1.54) is 0 Å². The van der Waals surface area contributed by atoms with Crippen LogP contribution in [-0.4, -0.2) is 42.0 Å². The van der Waals surface area contributed by atoms with Crippen LogP contribution in [0.15, 0.2) is 0 Å². The molecular formula is C8H7F6NO2. The van der Waals surface area contributed by atoms with Gasteiger partial charge in [-0.25, -0.2) is 0 Å². The minimum Gasteiger partial charge on any atom is -0.333 e. The minimum absolute atomic E-state index is 0.0134. The molecule has 1 unspecified atom stereocenters. The fourth-order valence-electron chi connectivity index (χ4n) is 1.48. The predicted molar refractivity (Wildman–Crippen MR) is 41.8 cm³/mol. The number of rotatable bonds is 0. The highest BCUT2D eigenvalue weighted by Crippen LogP contribution is 2.32. The van der Waals surface area contributed by atoms with E-state index < -0.39 is 49.5 Å². The molecule has 17 heavy (non-hydrogen) atoms. The van der Waals surface area contributed by atoms with Gasteiger partial charge in [0.2, 0.25) is 0 Å². The van der Waals surface area contributed by atoms with Gasteiger partial charge in [-0.2, -0.15) is 26.3 Å². The summed E-state index contributed by atoms with van der Waals surface area (Å²) in [7, 11) is 0. The number of likely N-dealkylation sites (tertiary alicyclic amines) is 1. The second-order valence-electron chi connectivity index (χ2n) is 3.56. The zero-order valence-electron chi connectivity index (χ0n) is 8.23. The SMILES string of the molecule is O=C1CCN(C(=O)C(F)(F)F)CC1C(F)(F)F. The Kier molecular flexibility index (Phi) is 3.40. The molecule has 1 rings (SSSR count). The molecule has 1 fully saturated rings. The van der Waals surface area contributed by atoms with Crippen LogP contribution in [-0.2, 0) is 9.59 Å². The number of hydrogen-bond donors (Lipinski definition) is 0. The fourth-order valence-corrected chi connectivity index (χ4v) is 1.48. The first kappa shape index (κ1) is 13.8. The number of carbonyl (C=O) groups excluding carboxylic acids is 2. The summed E-state index contributed by atoms with van der Waals surface area (Å²) >= 11 is 0. The lowest BCUT2D eigenvalue weighted by Gasteiger charge is -2.32. The Morgan fingerprint density at radius 2 is 1.71 bits per heavy atom. The van der Waals surface area contributed by atoms with Crippen molar-refractivity contribution in [1.29, 1.82) is 0 Å². The van der Waals surface area contributed by atoms with Crippen LogP contribution in [0.5, 0.6) is 0 Å². The number of carbonyl (C=O) groups is 2. The highest BCUT2D eigenvalue weighted by Gasteiger charge is 2.51. The van der Waals surface area contributed by atoms with Gasteiger partial charge in [0.05, 0.1) is 0 Å². The zero-order chi connectivity index (χ0) is 13.4. The maximum absolute atomic E-state index is 12.3. The number of piperidine rings is 1. The zero-order valence-corrected chi connectivity index (χ0v) is 8.23. The molecule has 0 saturated carbocycles. The normalized spacial score (nSPS) is 22.8. The Balaban J connectivity index is 2.82. The highest BCUT2D eigenvalue weighted by molar-refractivity contribution is 5.87. The molecule has 3 nitrogen and oxygen atoms in total. The van der Waals surface area contributed by atoms with Gasteiger partial charge in [0.15, 0.2) is 0 Å². The van der Waals surface area contributed by atoms with E-state index in [9.17, 15) is 35.9 Å². The topological polar surface area (TPSA) is 37.4 Å². The van der Waals surface area contributed by atoms with Gasteiger partial charge >= 0.3 is 18.3 Å². The molecule has 0 aromatic rings. The van der Waals surface area contributed by atoms with E-state index in [-0.39, 0.29) is 4.90 Å². The molecule has 0 spiro atoms. The molecular weight excluding hydrogens is 256 g/mol. The summed E-state index contributed by atoms with van der Waals surface area (Å²) in [6.45, 7) is -1.90. The Morgan fingerprint density at radius 1 is 1.18 bits per heavy atom. The van der Waals surface area contributed by atoms with Crippen molar-refractivity contribution < 1.29 is 35.9 Å². The van der Waals surface area contributed by atoms with Crippen LogP contribution < -0.4 is 0 Å². The predicted octanol–water partition coefficient (Wildman–Crippen LogP) is 1.53. The van der Waals surface area contributed by atoms with E-state index in [1.54, 1.807) is 0 Å². The van der Waals surface area contributed by atoms with Crippen molar-refractivity contribution in [3.05, 3.63) is 0 Å². The number of halogens is 6. The Labute approximate surface area is 91.4 Å². The average molecular weight is 263 g/mol. The number of nitrogens with zero attached hydrogens (tertiary/aromatic N) is 1. The molecule has 98 valence electrons. The van der Waals surface area contributed by atoms with E-state index in [2.05, 4.69) is 0 Å². The minimum atomic E-state index is -5.23. The Morgan fingerprint density at radius 3 is 2.12 bits per heavy atom. The smallest absolute Gasteiger partial charge is 0.333 e. The summed E-state index contributed by atoms with van der Waals surface area (Å²) in [5.41, 5.74) is 0. The van der Waals surface area contributed by atoms with E-state index in [4.69, 9.17) is 0 Å². The number of alkyl halides is 6. The standard InChI is InChI=1S/C8H7F6NO2/c9-7(10,11)4-3-15(2-1-5(4)16)6(17)8(12,13)14/h4H,1-3H2. The molecule has 1 aliphatic rings. The van der Waals surface area contributed by atoms with Gasteiger partial charge in [0.1, 0.15) is 11.7 Å². The quantitative estimate of drug-likeness (QED) is 0.621. The highest BCUT2D eigenvalue weighted by atomic mass is 19.4. The number of Topliss-reactive ketones (excluding diaryl/α,β-unsaturated/α-hetero) is 1. The number of amides is 1. The van der Waals surface area contributed by atoms with E-state index in [1.807, 2.05) is 0 Å². The lowest BCUT2D eigenvalue weighted by atomic mass is 9.96. The summed E-state index contributed by atoms with van der Waals surface area (Å²) in [6.07, 6.45) is -10.9. The Bertz CT molecular complexity index is 334. The lowest BCUT2D eigenvalue weighted by Crippen LogP contribution is -2.52. The Hall–Kier alpha value is -1.28. The average Bonchev–Trinajstić information content (AvgIpc) is 2.14. The maximum Gasteiger partial charge on any atom is 0.471 e. The van der Waals surface area contributed by atoms with Gasteiger partial charge in [0.25, 0.3) is 0 Å². The van der Waals surface area contributed by atoms with E-state index in [0.29, 0.717) is 0 Å². The molecule has 0 bridgehead atoms. The van der Waals surface area contributed by atoms with Crippen LogP contribution in [0, 0.1) is 5.92 Å². The molecule has 1 heterocycles. The van der Waals surface area contributed by atoms with Crippen molar-refractivity contribution >= 4 is 11.7 Å². The molecule has 1 atom stereocenters. The number of ketones is 1. The first-order valence-corrected chi connectivity index (χ1v) is 4.49. The van der Waals surface area contributed by atoms with Gasteiger partial charge < -0.3 is 4.90 Å². The van der Waals surface area contributed by atoms with Crippen molar-refractivity contribution in [2.45, 2.75) is 18.8 Å². The molecule has 9 heteroatoms. The molecule has 0 aromatic heterocycles. The molecule has 1 amide bonds. The van der Waals surface area contributed by atoms with Gasteiger partial charge in [-0.1, -0.05) is 0 Å².